The minimum Gasteiger partial charge on any atom is -0.394 e. The Labute approximate surface area is 123 Å². The fourth-order valence-corrected chi connectivity index (χ4v) is 3.77. The van der Waals surface area contributed by atoms with Crippen molar-refractivity contribution in [3.8, 4) is 0 Å². The minimum absolute atomic E-state index is 0.131. The molecule has 0 aromatic carbocycles. The van der Waals surface area contributed by atoms with Crippen LogP contribution in [0.1, 0.15) is 46.0 Å². The maximum Gasteiger partial charge on any atom is 0.0701 e. The number of piperidine rings is 1. The third kappa shape index (κ3) is 4.69. The molecule has 0 aromatic rings. The van der Waals surface area contributed by atoms with Gasteiger partial charge in [0.2, 0.25) is 0 Å². The molecule has 0 aromatic heterocycles. The van der Waals surface area contributed by atoms with Gasteiger partial charge in [-0.15, -0.1) is 0 Å². The lowest BCUT2D eigenvalue weighted by atomic mass is 9.70. The van der Waals surface area contributed by atoms with E-state index in [0.29, 0.717) is 30.1 Å². The van der Waals surface area contributed by atoms with Gasteiger partial charge in [0.15, 0.2) is 0 Å². The largest absolute Gasteiger partial charge is 0.394 e. The van der Waals surface area contributed by atoms with Gasteiger partial charge in [-0.3, -0.25) is 0 Å². The highest BCUT2D eigenvalue weighted by Crippen LogP contribution is 2.38. The van der Waals surface area contributed by atoms with Crippen molar-refractivity contribution >= 4 is 0 Å². The molecule has 2 atom stereocenters. The molecule has 3 N–H and O–H groups in total. The summed E-state index contributed by atoms with van der Waals surface area (Å²) in [4.78, 5) is 2.56. The molecule has 2 unspecified atom stereocenters. The number of nitrogens with zero attached hydrogens (tertiary/aromatic N) is 1. The third-order valence-electron chi connectivity index (χ3n) is 5.05. The molecule has 0 radical (unpaired) electrons. The third-order valence-corrected chi connectivity index (χ3v) is 5.05. The number of hydrogen-bond donors (Lipinski definition) is 2. The molecule has 4 nitrogen and oxygen atoms in total. The van der Waals surface area contributed by atoms with Gasteiger partial charge in [0.25, 0.3) is 0 Å². The van der Waals surface area contributed by atoms with Crippen LogP contribution in [0.5, 0.6) is 0 Å². The van der Waals surface area contributed by atoms with Crippen molar-refractivity contribution in [3.63, 3.8) is 0 Å². The number of ether oxygens (including phenoxy) is 1. The molecule has 1 heterocycles. The Hall–Kier alpha value is -0.160. The van der Waals surface area contributed by atoms with Gasteiger partial charge in [-0.2, -0.15) is 0 Å². The standard InChI is InChI=1S/C16H32N2O2/c1-16(2)6-3-15(17)13(11-16)12-18-7-4-14(5-8-18)20-10-9-19/h13-15,19H,3-12,17H2,1-2H3. The van der Waals surface area contributed by atoms with E-state index in [1.807, 2.05) is 0 Å². The van der Waals surface area contributed by atoms with Crippen molar-refractivity contribution in [3.05, 3.63) is 0 Å². The summed E-state index contributed by atoms with van der Waals surface area (Å²) in [7, 11) is 0. The molecule has 1 saturated heterocycles. The van der Waals surface area contributed by atoms with Crippen LogP contribution in [0.3, 0.4) is 0 Å². The van der Waals surface area contributed by atoms with Crippen LogP contribution >= 0.6 is 0 Å². The summed E-state index contributed by atoms with van der Waals surface area (Å²) in [5.41, 5.74) is 6.79. The van der Waals surface area contributed by atoms with Gasteiger partial charge in [-0.1, -0.05) is 13.8 Å². The Balaban J connectivity index is 1.74. The second-order valence-electron chi connectivity index (χ2n) is 7.43. The lowest BCUT2D eigenvalue weighted by Crippen LogP contribution is -2.47. The number of likely N-dealkylation sites (tertiary alicyclic amines) is 1. The van der Waals surface area contributed by atoms with Gasteiger partial charge < -0.3 is 20.5 Å². The van der Waals surface area contributed by atoms with E-state index < -0.39 is 0 Å². The maximum atomic E-state index is 8.79. The maximum absolute atomic E-state index is 8.79. The van der Waals surface area contributed by atoms with Crippen LogP contribution in [0.4, 0.5) is 0 Å². The Bertz CT molecular complexity index is 288. The zero-order valence-electron chi connectivity index (χ0n) is 13.2. The molecular weight excluding hydrogens is 252 g/mol. The number of aliphatic hydroxyl groups is 1. The van der Waals surface area contributed by atoms with E-state index in [2.05, 4.69) is 18.7 Å². The SMILES string of the molecule is CC1(C)CCC(N)C(CN2CCC(OCCO)CC2)C1. The Morgan fingerprint density at radius 3 is 2.60 bits per heavy atom. The topological polar surface area (TPSA) is 58.7 Å². The van der Waals surface area contributed by atoms with Gasteiger partial charge in [-0.05, 0) is 43.4 Å². The van der Waals surface area contributed by atoms with Crippen LogP contribution in [-0.4, -0.2) is 55.0 Å². The van der Waals surface area contributed by atoms with Crippen LogP contribution in [-0.2, 0) is 4.74 Å². The van der Waals surface area contributed by atoms with E-state index in [-0.39, 0.29) is 6.61 Å². The highest BCUT2D eigenvalue weighted by Gasteiger charge is 2.34. The van der Waals surface area contributed by atoms with Crippen molar-refractivity contribution in [2.24, 2.45) is 17.1 Å². The normalized spacial score (nSPS) is 32.4. The fourth-order valence-electron chi connectivity index (χ4n) is 3.77. The van der Waals surface area contributed by atoms with Crippen molar-refractivity contribution in [1.29, 1.82) is 0 Å². The number of aliphatic hydroxyl groups excluding tert-OH is 1. The second kappa shape index (κ2) is 7.21. The van der Waals surface area contributed by atoms with Crippen molar-refractivity contribution < 1.29 is 9.84 Å². The lowest BCUT2D eigenvalue weighted by molar-refractivity contribution is -0.0132. The minimum atomic E-state index is 0.131. The van der Waals surface area contributed by atoms with Crippen molar-refractivity contribution in [2.45, 2.75) is 58.1 Å². The quantitative estimate of drug-likeness (QED) is 0.805. The smallest absolute Gasteiger partial charge is 0.0701 e. The van der Waals surface area contributed by atoms with Gasteiger partial charge in [-0.25, -0.2) is 0 Å². The summed E-state index contributed by atoms with van der Waals surface area (Å²) < 4.78 is 5.62. The van der Waals surface area contributed by atoms with Gasteiger partial charge in [0, 0.05) is 25.7 Å². The monoisotopic (exact) mass is 284 g/mol. The number of rotatable bonds is 5. The molecular formula is C16H32N2O2. The van der Waals surface area contributed by atoms with Crippen molar-refractivity contribution in [2.75, 3.05) is 32.8 Å². The molecule has 2 fully saturated rings. The van der Waals surface area contributed by atoms with E-state index in [1.54, 1.807) is 0 Å². The highest BCUT2D eigenvalue weighted by atomic mass is 16.5. The molecule has 2 aliphatic rings. The van der Waals surface area contributed by atoms with E-state index in [9.17, 15) is 0 Å². The molecule has 1 aliphatic heterocycles. The van der Waals surface area contributed by atoms with Gasteiger partial charge in [0.1, 0.15) is 0 Å². The summed E-state index contributed by atoms with van der Waals surface area (Å²) in [5.74, 6) is 0.647. The zero-order valence-corrected chi connectivity index (χ0v) is 13.2. The predicted octanol–water partition coefficient (Wildman–Crippen LogP) is 1.61. The zero-order chi connectivity index (χ0) is 14.6. The van der Waals surface area contributed by atoms with Crippen LogP contribution in [0, 0.1) is 11.3 Å². The van der Waals surface area contributed by atoms with Crippen LogP contribution < -0.4 is 5.73 Å². The Morgan fingerprint density at radius 2 is 1.95 bits per heavy atom. The first kappa shape index (κ1) is 16.2. The second-order valence-corrected chi connectivity index (χ2v) is 7.43. The molecule has 0 bridgehead atoms. The van der Waals surface area contributed by atoms with E-state index in [1.165, 1.54) is 19.3 Å². The number of nitrogens with two attached hydrogens (primary N) is 1. The highest BCUT2D eigenvalue weighted by molar-refractivity contribution is 4.89. The van der Waals surface area contributed by atoms with Crippen LogP contribution in [0.2, 0.25) is 0 Å². The molecule has 20 heavy (non-hydrogen) atoms. The Morgan fingerprint density at radius 1 is 1.25 bits per heavy atom. The molecule has 1 aliphatic carbocycles. The number of hydrogen-bond acceptors (Lipinski definition) is 4. The summed E-state index contributed by atoms with van der Waals surface area (Å²) in [6.45, 7) is 8.73. The lowest BCUT2D eigenvalue weighted by Gasteiger charge is -2.42. The summed E-state index contributed by atoms with van der Waals surface area (Å²) in [6.07, 6.45) is 6.22. The average Bonchev–Trinajstić information content (AvgIpc) is 2.42. The summed E-state index contributed by atoms with van der Waals surface area (Å²) in [6, 6.07) is 0.381. The fraction of sp³-hybridized carbons (Fsp3) is 1.00. The van der Waals surface area contributed by atoms with E-state index in [4.69, 9.17) is 15.6 Å². The summed E-state index contributed by atoms with van der Waals surface area (Å²) in [5, 5.41) is 8.79. The average molecular weight is 284 g/mol. The first-order valence-corrected chi connectivity index (χ1v) is 8.20. The predicted molar refractivity (Wildman–Crippen MR) is 81.6 cm³/mol. The molecule has 0 spiro atoms. The van der Waals surface area contributed by atoms with Crippen LogP contribution in [0.15, 0.2) is 0 Å². The van der Waals surface area contributed by atoms with Crippen LogP contribution in [0.25, 0.3) is 0 Å². The molecule has 118 valence electrons. The first-order valence-electron chi connectivity index (χ1n) is 8.20. The summed E-state index contributed by atoms with van der Waals surface area (Å²) >= 11 is 0. The molecule has 2 rings (SSSR count). The molecule has 1 saturated carbocycles. The van der Waals surface area contributed by atoms with E-state index >= 15 is 0 Å². The Kier molecular flexibility index (Phi) is 5.84. The van der Waals surface area contributed by atoms with E-state index in [0.717, 1.165) is 32.5 Å². The van der Waals surface area contributed by atoms with Gasteiger partial charge in [0.05, 0.1) is 19.3 Å². The van der Waals surface area contributed by atoms with Gasteiger partial charge >= 0.3 is 0 Å². The van der Waals surface area contributed by atoms with Crippen molar-refractivity contribution in [1.82, 2.24) is 4.90 Å². The first-order chi connectivity index (χ1) is 9.50. The molecule has 4 heteroatoms. The molecule has 0 amide bonds.